The van der Waals surface area contributed by atoms with Gasteiger partial charge in [-0.15, -0.1) is 0 Å². The number of hydrogen-bond acceptors (Lipinski definition) is 5. The van der Waals surface area contributed by atoms with Gasteiger partial charge in [0.05, 0.1) is 24.7 Å². The van der Waals surface area contributed by atoms with Crippen molar-refractivity contribution >= 4 is 11.9 Å². The molecule has 1 fully saturated rings. The van der Waals surface area contributed by atoms with Crippen LogP contribution in [0.15, 0.2) is 36.4 Å². The van der Waals surface area contributed by atoms with Crippen LogP contribution in [0, 0.1) is 28.6 Å². The number of ether oxygens (including phenoxy) is 2. The summed E-state index contributed by atoms with van der Waals surface area (Å²) < 4.78 is 9.90. The minimum absolute atomic E-state index is 0.0323. The van der Waals surface area contributed by atoms with Gasteiger partial charge in [-0.25, -0.2) is 4.79 Å². The molecule has 1 aliphatic carbocycles. The van der Waals surface area contributed by atoms with Gasteiger partial charge < -0.3 is 9.47 Å². The van der Waals surface area contributed by atoms with Crippen LogP contribution in [0.1, 0.15) is 25.0 Å². The Balaban J connectivity index is 1.91. The molecule has 5 heteroatoms. The minimum Gasteiger partial charge on any atom is -0.466 e. The zero-order valence-corrected chi connectivity index (χ0v) is 13.4. The highest BCUT2D eigenvalue weighted by molar-refractivity contribution is 5.83. The number of nitrogens with zero attached hydrogens (tertiary/aromatic N) is 1. The molecule has 1 aliphatic rings. The van der Waals surface area contributed by atoms with Crippen LogP contribution in [-0.4, -0.2) is 19.0 Å². The number of benzene rings is 1. The van der Waals surface area contributed by atoms with Gasteiger partial charge in [0.15, 0.2) is 0 Å². The fourth-order valence-electron chi connectivity index (χ4n) is 2.66. The van der Waals surface area contributed by atoms with Crippen molar-refractivity contribution in [2.75, 3.05) is 7.11 Å². The second-order valence-corrected chi connectivity index (χ2v) is 6.12. The van der Waals surface area contributed by atoms with E-state index in [9.17, 15) is 9.59 Å². The number of esters is 2. The Labute approximate surface area is 135 Å². The molecule has 2 atom stereocenters. The van der Waals surface area contributed by atoms with E-state index in [-0.39, 0.29) is 29.8 Å². The lowest BCUT2D eigenvalue weighted by atomic mass is 10.1. The van der Waals surface area contributed by atoms with Crippen LogP contribution >= 0.6 is 0 Å². The Hall–Kier alpha value is -2.61. The summed E-state index contributed by atoms with van der Waals surface area (Å²) >= 11 is 0. The van der Waals surface area contributed by atoms with E-state index in [2.05, 4.69) is 4.74 Å². The summed E-state index contributed by atoms with van der Waals surface area (Å²) in [5, 5.41) is 8.75. The predicted octanol–water partition coefficient (Wildman–Crippen LogP) is 2.60. The van der Waals surface area contributed by atoms with Crippen LogP contribution in [0.4, 0.5) is 0 Å². The summed E-state index contributed by atoms with van der Waals surface area (Å²) in [4.78, 5) is 23.4. The topological polar surface area (TPSA) is 76.4 Å². The van der Waals surface area contributed by atoms with Gasteiger partial charge in [-0.3, -0.25) is 4.79 Å². The normalized spacial score (nSPS) is 21.5. The number of carbonyl (C=O) groups is 2. The third kappa shape index (κ3) is 3.78. The van der Waals surface area contributed by atoms with Gasteiger partial charge >= 0.3 is 11.9 Å². The molecule has 0 aliphatic heterocycles. The summed E-state index contributed by atoms with van der Waals surface area (Å²) in [5.74, 6) is -1.01. The van der Waals surface area contributed by atoms with E-state index in [0.717, 1.165) is 5.56 Å². The molecule has 0 N–H and O–H groups in total. The highest BCUT2D eigenvalue weighted by atomic mass is 16.5. The molecule has 0 saturated heterocycles. The number of methoxy groups -OCH3 is 1. The molecule has 0 bridgehead atoms. The highest BCUT2D eigenvalue weighted by Gasteiger charge is 2.61. The van der Waals surface area contributed by atoms with Crippen molar-refractivity contribution in [2.45, 2.75) is 20.5 Å². The molecule has 2 rings (SSSR count). The van der Waals surface area contributed by atoms with E-state index in [1.807, 2.05) is 19.9 Å². The van der Waals surface area contributed by atoms with Crippen LogP contribution in [-0.2, 0) is 25.7 Å². The van der Waals surface area contributed by atoms with Gasteiger partial charge in [-0.1, -0.05) is 32.1 Å². The van der Waals surface area contributed by atoms with Crippen LogP contribution in [0.3, 0.4) is 0 Å². The van der Waals surface area contributed by atoms with E-state index in [4.69, 9.17) is 10.00 Å². The van der Waals surface area contributed by atoms with Crippen LogP contribution < -0.4 is 0 Å². The Morgan fingerprint density at radius 2 is 1.96 bits per heavy atom. The molecular weight excluding hydrogens is 294 g/mol. The van der Waals surface area contributed by atoms with Crippen molar-refractivity contribution in [1.82, 2.24) is 0 Å². The molecule has 1 saturated carbocycles. The van der Waals surface area contributed by atoms with Gasteiger partial charge in [0.2, 0.25) is 0 Å². The summed E-state index contributed by atoms with van der Waals surface area (Å²) in [6.07, 6.45) is 3.06. The molecule has 23 heavy (non-hydrogen) atoms. The van der Waals surface area contributed by atoms with Crippen molar-refractivity contribution < 1.29 is 19.1 Å². The highest BCUT2D eigenvalue weighted by Crippen LogP contribution is 2.59. The average molecular weight is 313 g/mol. The average Bonchev–Trinajstić information content (AvgIpc) is 3.11. The first kappa shape index (κ1) is 16.8. The monoisotopic (exact) mass is 313 g/mol. The van der Waals surface area contributed by atoms with Crippen LogP contribution in [0.5, 0.6) is 0 Å². The van der Waals surface area contributed by atoms with E-state index in [0.29, 0.717) is 5.56 Å². The van der Waals surface area contributed by atoms with Crippen LogP contribution in [0.2, 0.25) is 0 Å². The van der Waals surface area contributed by atoms with E-state index < -0.39 is 5.97 Å². The number of nitriles is 1. The third-order valence-electron chi connectivity index (χ3n) is 4.27. The largest absolute Gasteiger partial charge is 0.466 e. The number of rotatable bonds is 5. The number of carbonyl (C=O) groups excluding carboxylic acids is 2. The van der Waals surface area contributed by atoms with Gasteiger partial charge in [-0.05, 0) is 29.0 Å². The first-order chi connectivity index (χ1) is 10.9. The fourth-order valence-corrected chi connectivity index (χ4v) is 2.66. The number of allylic oxidation sites excluding steroid dienone is 1. The molecule has 0 heterocycles. The standard InChI is InChI=1S/C18H19NO4/c1-18(2)14(8-9-15(20)22-3)16(18)17(21)23-11-13-6-4-12(10-19)5-7-13/h4-9,14,16H,11H2,1-3H3/t14-,16-/m0/s1. The molecule has 1 aromatic rings. The quantitative estimate of drug-likeness (QED) is 0.617. The summed E-state index contributed by atoms with van der Waals surface area (Å²) in [6, 6.07) is 8.94. The minimum atomic E-state index is -0.433. The second-order valence-electron chi connectivity index (χ2n) is 6.12. The Morgan fingerprint density at radius 3 is 2.52 bits per heavy atom. The van der Waals surface area contributed by atoms with Crippen molar-refractivity contribution in [1.29, 1.82) is 5.26 Å². The maximum atomic E-state index is 12.2. The summed E-state index contributed by atoms with van der Waals surface area (Å²) in [5.41, 5.74) is 1.17. The van der Waals surface area contributed by atoms with Crippen molar-refractivity contribution in [3.8, 4) is 6.07 Å². The van der Waals surface area contributed by atoms with Gasteiger partial charge in [0.1, 0.15) is 6.61 Å². The van der Waals surface area contributed by atoms with Crippen molar-refractivity contribution in [2.24, 2.45) is 17.3 Å². The Morgan fingerprint density at radius 1 is 1.30 bits per heavy atom. The summed E-state index contributed by atoms with van der Waals surface area (Å²) in [6.45, 7) is 4.10. The molecule has 1 aromatic carbocycles. The van der Waals surface area contributed by atoms with E-state index in [1.54, 1.807) is 30.3 Å². The van der Waals surface area contributed by atoms with Gasteiger partial charge in [0.25, 0.3) is 0 Å². The maximum Gasteiger partial charge on any atom is 0.330 e. The van der Waals surface area contributed by atoms with E-state index >= 15 is 0 Å². The second kappa shape index (κ2) is 6.66. The van der Waals surface area contributed by atoms with Gasteiger partial charge in [-0.2, -0.15) is 5.26 Å². The lowest BCUT2D eigenvalue weighted by Crippen LogP contribution is -2.10. The zero-order valence-electron chi connectivity index (χ0n) is 13.4. The molecule has 0 radical (unpaired) electrons. The third-order valence-corrected chi connectivity index (χ3v) is 4.27. The SMILES string of the molecule is COC(=O)C=C[C@H]1[C@@H](C(=O)OCc2ccc(C#N)cc2)C1(C)C. The fraction of sp³-hybridized carbons (Fsp3) is 0.389. The smallest absolute Gasteiger partial charge is 0.330 e. The van der Waals surface area contributed by atoms with E-state index in [1.165, 1.54) is 13.2 Å². The Kier molecular flexibility index (Phi) is 4.85. The molecule has 0 unspecified atom stereocenters. The molecule has 0 amide bonds. The summed E-state index contributed by atoms with van der Waals surface area (Å²) in [7, 11) is 1.31. The molecular formula is C18H19NO4. The van der Waals surface area contributed by atoms with Crippen molar-refractivity contribution in [3.05, 3.63) is 47.5 Å². The predicted molar refractivity (Wildman–Crippen MR) is 82.9 cm³/mol. The van der Waals surface area contributed by atoms with Crippen molar-refractivity contribution in [3.63, 3.8) is 0 Å². The lowest BCUT2D eigenvalue weighted by molar-refractivity contribution is -0.147. The molecule has 0 spiro atoms. The Bertz CT molecular complexity index is 667. The first-order valence-electron chi connectivity index (χ1n) is 7.32. The van der Waals surface area contributed by atoms with Crippen LogP contribution in [0.25, 0.3) is 0 Å². The molecule has 0 aromatic heterocycles. The van der Waals surface area contributed by atoms with Gasteiger partial charge in [0, 0.05) is 6.08 Å². The maximum absolute atomic E-state index is 12.2. The zero-order chi connectivity index (χ0) is 17.0. The number of hydrogen-bond donors (Lipinski definition) is 0. The lowest BCUT2D eigenvalue weighted by Gasteiger charge is -2.06. The molecule has 120 valence electrons. The molecule has 5 nitrogen and oxygen atoms in total. The first-order valence-corrected chi connectivity index (χ1v) is 7.32.